The first-order valence-corrected chi connectivity index (χ1v) is 20.7. The summed E-state index contributed by atoms with van der Waals surface area (Å²) in [4.78, 5) is 6.60. The van der Waals surface area contributed by atoms with Gasteiger partial charge in [-0.3, -0.25) is 4.98 Å². The van der Waals surface area contributed by atoms with Gasteiger partial charge in [0.15, 0.2) is 0 Å². The maximum absolute atomic E-state index is 5.22. The van der Waals surface area contributed by atoms with E-state index in [1.807, 2.05) is 17.5 Å². The summed E-state index contributed by atoms with van der Waals surface area (Å²) in [5, 5.41) is 3.93. The quantitative estimate of drug-likeness (QED) is 0.177. The number of fused-ring (bicyclic) bond motifs is 4. The van der Waals surface area contributed by atoms with Gasteiger partial charge in [-0.05, 0) is 163 Å². The molecule has 6 aromatic rings. The number of pyridine rings is 1. The average molecular weight is 718 g/mol. The van der Waals surface area contributed by atoms with E-state index in [0.29, 0.717) is 0 Å². The van der Waals surface area contributed by atoms with E-state index in [-0.39, 0.29) is 27.1 Å². The Hall–Kier alpha value is -3.75. The molecular weight excluding hydrogens is 659 g/mol. The molecule has 2 aliphatic rings. The molecule has 2 heteroatoms. The van der Waals surface area contributed by atoms with E-state index >= 15 is 0 Å². The topological polar surface area (TPSA) is 12.9 Å². The number of aromatic nitrogens is 1. The fourth-order valence-electron chi connectivity index (χ4n) is 11.4. The van der Waals surface area contributed by atoms with Gasteiger partial charge in [-0.1, -0.05) is 119 Å². The highest BCUT2D eigenvalue weighted by molar-refractivity contribution is 7.23. The van der Waals surface area contributed by atoms with Crippen LogP contribution < -0.4 is 0 Å². The standard InChI is InChI=1S/C51H59NS/c1-29-21-32(26-47(4,5)6)22-30(2)40(29)45-31(3)35-19-20-52-44(46(35)53-45)34-23-33-17-15-16-18-36(33)37(24-34)41-42-38(48(7,8)27-50(42,11)12)25-39-43(41)51(13,14)28-49(39,9)10/h15-25H,26-28H2,1-14H3. The van der Waals surface area contributed by atoms with Crippen molar-refractivity contribution in [3.05, 3.63) is 111 Å². The van der Waals surface area contributed by atoms with E-state index < -0.39 is 0 Å². The van der Waals surface area contributed by atoms with Gasteiger partial charge in [0.05, 0.1) is 10.4 Å². The molecule has 0 amide bonds. The summed E-state index contributed by atoms with van der Waals surface area (Å²) in [6.45, 7) is 33.8. The molecule has 2 aliphatic carbocycles. The van der Waals surface area contributed by atoms with Crippen molar-refractivity contribution in [2.45, 2.75) is 138 Å². The van der Waals surface area contributed by atoms with Crippen molar-refractivity contribution in [3.8, 4) is 32.8 Å². The number of nitrogens with zero attached hydrogens (tertiary/aromatic N) is 1. The second kappa shape index (κ2) is 11.6. The van der Waals surface area contributed by atoms with Crippen molar-refractivity contribution in [2.24, 2.45) is 5.41 Å². The van der Waals surface area contributed by atoms with Crippen LogP contribution in [0, 0.1) is 26.2 Å². The minimum atomic E-state index is 0.0549. The van der Waals surface area contributed by atoms with E-state index in [1.54, 1.807) is 22.3 Å². The van der Waals surface area contributed by atoms with E-state index in [4.69, 9.17) is 4.98 Å². The summed E-state index contributed by atoms with van der Waals surface area (Å²) in [5.74, 6) is 0. The first-order valence-electron chi connectivity index (χ1n) is 19.8. The molecule has 4 aromatic carbocycles. The Balaban J connectivity index is 1.41. The minimum absolute atomic E-state index is 0.0549. The van der Waals surface area contributed by atoms with Gasteiger partial charge in [0, 0.05) is 16.6 Å². The van der Waals surface area contributed by atoms with Gasteiger partial charge in [0.1, 0.15) is 0 Å². The van der Waals surface area contributed by atoms with Crippen molar-refractivity contribution in [1.29, 1.82) is 0 Å². The highest BCUT2D eigenvalue weighted by atomic mass is 32.1. The van der Waals surface area contributed by atoms with E-state index in [9.17, 15) is 0 Å². The predicted molar refractivity (Wildman–Crippen MR) is 232 cm³/mol. The maximum Gasteiger partial charge on any atom is 0.0880 e. The SMILES string of the molecule is Cc1cc(CC(C)(C)C)cc(C)c1-c1sc2c(-c3cc(-c4c5c(cc6c4C(C)(C)CC6(C)C)C(C)(C)CC5(C)C)c4ccccc4c3)nccc2c1C. The van der Waals surface area contributed by atoms with E-state index in [1.165, 1.54) is 70.2 Å². The molecule has 0 fully saturated rings. The Labute approximate surface area is 323 Å². The van der Waals surface area contributed by atoms with Crippen molar-refractivity contribution in [3.63, 3.8) is 0 Å². The molecule has 1 nitrogen and oxygen atoms in total. The van der Waals surface area contributed by atoms with Crippen LogP contribution in [0.25, 0.3) is 53.7 Å². The molecule has 0 spiro atoms. The van der Waals surface area contributed by atoms with Crippen molar-refractivity contribution < 1.29 is 0 Å². The number of thiophene rings is 1. The van der Waals surface area contributed by atoms with Crippen molar-refractivity contribution in [1.82, 2.24) is 4.98 Å². The summed E-state index contributed by atoms with van der Waals surface area (Å²) in [6.07, 6.45) is 5.42. The summed E-state index contributed by atoms with van der Waals surface area (Å²) in [6, 6.07) is 23.8. The molecule has 0 radical (unpaired) electrons. The zero-order valence-corrected chi connectivity index (χ0v) is 35.6. The molecule has 8 rings (SSSR count). The smallest absolute Gasteiger partial charge is 0.0880 e. The molecule has 0 N–H and O–H groups in total. The predicted octanol–water partition coefficient (Wildman–Crippen LogP) is 14.9. The van der Waals surface area contributed by atoms with E-state index in [0.717, 1.165) is 25.0 Å². The molecule has 0 aliphatic heterocycles. The fourth-order valence-corrected chi connectivity index (χ4v) is 12.9. The first-order chi connectivity index (χ1) is 24.6. The molecule has 0 unspecified atom stereocenters. The molecule has 53 heavy (non-hydrogen) atoms. The van der Waals surface area contributed by atoms with Gasteiger partial charge < -0.3 is 0 Å². The van der Waals surface area contributed by atoms with Crippen LogP contribution in [-0.4, -0.2) is 4.98 Å². The third kappa shape index (κ3) is 5.73. The van der Waals surface area contributed by atoms with Gasteiger partial charge >= 0.3 is 0 Å². The Kier molecular flexibility index (Phi) is 7.95. The normalized spacial score (nSPS) is 18.2. The van der Waals surface area contributed by atoms with Crippen molar-refractivity contribution in [2.75, 3.05) is 0 Å². The highest BCUT2D eigenvalue weighted by Gasteiger charge is 2.50. The zero-order valence-electron chi connectivity index (χ0n) is 34.8. The lowest BCUT2D eigenvalue weighted by Gasteiger charge is -2.30. The summed E-state index contributed by atoms with van der Waals surface area (Å²) in [7, 11) is 0. The van der Waals surface area contributed by atoms with Crippen molar-refractivity contribution >= 4 is 32.2 Å². The van der Waals surface area contributed by atoms with Crippen LogP contribution in [0.1, 0.15) is 134 Å². The molecule has 2 aromatic heterocycles. The maximum atomic E-state index is 5.22. The van der Waals surface area contributed by atoms with Crippen LogP contribution in [0.15, 0.2) is 66.9 Å². The van der Waals surface area contributed by atoms with Crippen LogP contribution in [0.3, 0.4) is 0 Å². The monoisotopic (exact) mass is 717 g/mol. The van der Waals surface area contributed by atoms with Crippen LogP contribution >= 0.6 is 11.3 Å². The number of benzene rings is 4. The number of hydrogen-bond acceptors (Lipinski definition) is 2. The van der Waals surface area contributed by atoms with Crippen LogP contribution in [-0.2, 0) is 28.1 Å². The molecule has 274 valence electrons. The molecule has 0 saturated carbocycles. The van der Waals surface area contributed by atoms with Gasteiger partial charge in [0.25, 0.3) is 0 Å². The Morgan fingerprint density at radius 3 is 1.83 bits per heavy atom. The lowest BCUT2D eigenvalue weighted by Crippen LogP contribution is -2.20. The van der Waals surface area contributed by atoms with Crippen LogP contribution in [0.5, 0.6) is 0 Å². The second-order valence-electron chi connectivity index (χ2n) is 20.7. The Morgan fingerprint density at radius 2 is 1.25 bits per heavy atom. The summed E-state index contributed by atoms with van der Waals surface area (Å²) >= 11 is 1.93. The summed E-state index contributed by atoms with van der Waals surface area (Å²) < 4.78 is 1.28. The number of hydrogen-bond donors (Lipinski definition) is 0. The Bertz CT molecular complexity index is 2410. The summed E-state index contributed by atoms with van der Waals surface area (Å²) in [5.41, 5.74) is 18.9. The van der Waals surface area contributed by atoms with Gasteiger partial charge in [-0.2, -0.15) is 0 Å². The molecule has 0 atom stereocenters. The zero-order chi connectivity index (χ0) is 38.2. The first kappa shape index (κ1) is 36.2. The fraction of sp³-hybridized carbons (Fsp3) is 0.431. The lowest BCUT2D eigenvalue weighted by atomic mass is 9.73. The van der Waals surface area contributed by atoms with Gasteiger partial charge in [-0.25, -0.2) is 0 Å². The second-order valence-corrected chi connectivity index (χ2v) is 21.7. The molecule has 0 bridgehead atoms. The molecular formula is C51H59NS. The third-order valence-electron chi connectivity index (χ3n) is 12.7. The molecule has 0 saturated heterocycles. The molecule has 2 heterocycles. The highest BCUT2D eigenvalue weighted by Crippen LogP contribution is 2.61. The largest absolute Gasteiger partial charge is 0.255 e. The van der Waals surface area contributed by atoms with E-state index in [2.05, 4.69) is 158 Å². The minimum Gasteiger partial charge on any atom is -0.255 e. The Morgan fingerprint density at radius 1 is 0.660 bits per heavy atom. The number of aryl methyl sites for hydroxylation is 3. The average Bonchev–Trinajstić information content (AvgIpc) is 3.53. The number of rotatable bonds is 4. The lowest BCUT2D eigenvalue weighted by molar-refractivity contribution is 0.396. The van der Waals surface area contributed by atoms with Crippen LogP contribution in [0.2, 0.25) is 0 Å². The van der Waals surface area contributed by atoms with Crippen LogP contribution in [0.4, 0.5) is 0 Å². The van der Waals surface area contributed by atoms with Gasteiger partial charge in [-0.15, -0.1) is 11.3 Å². The van der Waals surface area contributed by atoms with Gasteiger partial charge in [0.2, 0.25) is 0 Å². The third-order valence-corrected chi connectivity index (χ3v) is 14.1.